The van der Waals surface area contributed by atoms with Crippen LogP contribution in [0.25, 0.3) is 0 Å². The van der Waals surface area contributed by atoms with Crippen LogP contribution in [0.4, 0.5) is 5.69 Å². The number of esters is 1. The van der Waals surface area contributed by atoms with E-state index in [9.17, 15) is 18.0 Å². The molecule has 0 fully saturated rings. The zero-order valence-corrected chi connectivity index (χ0v) is 18.3. The highest BCUT2D eigenvalue weighted by molar-refractivity contribution is 7.92. The van der Waals surface area contributed by atoms with Gasteiger partial charge in [0.25, 0.3) is 15.9 Å². The number of ether oxygens (including phenoxy) is 1. The molecule has 1 amide bonds. The van der Waals surface area contributed by atoms with Crippen molar-refractivity contribution < 1.29 is 22.7 Å². The fraction of sp³-hybridized carbons (Fsp3) is 0.167. The minimum atomic E-state index is -3.73. The predicted molar refractivity (Wildman–Crippen MR) is 122 cm³/mol. The van der Waals surface area contributed by atoms with Crippen LogP contribution in [0.5, 0.6) is 0 Å². The molecule has 3 aromatic rings. The van der Waals surface area contributed by atoms with Gasteiger partial charge >= 0.3 is 5.97 Å². The van der Waals surface area contributed by atoms with Crippen LogP contribution in [-0.4, -0.2) is 32.9 Å². The minimum Gasteiger partial charge on any atom is -0.464 e. The van der Waals surface area contributed by atoms with Crippen molar-refractivity contribution in [2.45, 2.75) is 24.3 Å². The van der Waals surface area contributed by atoms with Crippen LogP contribution in [0.15, 0.2) is 89.8 Å². The van der Waals surface area contributed by atoms with Crippen LogP contribution in [0.3, 0.4) is 0 Å². The number of hydrogen-bond acceptors (Lipinski definition) is 5. The summed E-state index contributed by atoms with van der Waals surface area (Å²) in [6, 6.07) is 22.4. The molecule has 1 atom stereocenters. The Bertz CT molecular complexity index is 1150. The molecule has 0 saturated heterocycles. The van der Waals surface area contributed by atoms with Crippen molar-refractivity contribution in [1.29, 1.82) is 0 Å². The van der Waals surface area contributed by atoms with Crippen molar-refractivity contribution in [3.63, 3.8) is 0 Å². The summed E-state index contributed by atoms with van der Waals surface area (Å²) in [4.78, 5) is 25.2. The van der Waals surface area contributed by atoms with Gasteiger partial charge in [-0.15, -0.1) is 0 Å². The van der Waals surface area contributed by atoms with Gasteiger partial charge in [0.15, 0.2) is 0 Å². The Morgan fingerprint density at radius 1 is 0.875 bits per heavy atom. The van der Waals surface area contributed by atoms with Gasteiger partial charge in [0, 0.05) is 17.7 Å². The molecule has 0 radical (unpaired) electrons. The van der Waals surface area contributed by atoms with Crippen LogP contribution < -0.4 is 10.0 Å². The lowest BCUT2D eigenvalue weighted by Crippen LogP contribution is -2.43. The van der Waals surface area contributed by atoms with Crippen molar-refractivity contribution in [2.24, 2.45) is 0 Å². The molecular formula is C24H24N2O5S. The monoisotopic (exact) mass is 452 g/mol. The second-order valence-corrected chi connectivity index (χ2v) is 8.65. The highest BCUT2D eigenvalue weighted by Crippen LogP contribution is 2.17. The van der Waals surface area contributed by atoms with E-state index in [1.165, 1.54) is 36.4 Å². The number of amides is 1. The first kappa shape index (κ1) is 23.0. The van der Waals surface area contributed by atoms with E-state index in [1.807, 2.05) is 30.3 Å². The summed E-state index contributed by atoms with van der Waals surface area (Å²) in [6.45, 7) is 1.91. The maximum atomic E-state index is 12.7. The van der Waals surface area contributed by atoms with E-state index < -0.39 is 27.9 Å². The van der Waals surface area contributed by atoms with Gasteiger partial charge in [0.05, 0.1) is 11.5 Å². The predicted octanol–water partition coefficient (Wildman–Crippen LogP) is 3.39. The van der Waals surface area contributed by atoms with E-state index in [1.54, 1.807) is 25.1 Å². The molecular weight excluding hydrogens is 428 g/mol. The number of rotatable bonds is 9. The third kappa shape index (κ3) is 6.18. The molecule has 0 aliphatic rings. The minimum absolute atomic E-state index is 0.139. The number of benzene rings is 3. The molecule has 32 heavy (non-hydrogen) atoms. The second-order valence-electron chi connectivity index (χ2n) is 6.96. The van der Waals surface area contributed by atoms with Crippen LogP contribution in [0.1, 0.15) is 22.8 Å². The first-order valence-electron chi connectivity index (χ1n) is 10.1. The highest BCUT2D eigenvalue weighted by Gasteiger charge is 2.23. The molecule has 3 rings (SSSR count). The summed E-state index contributed by atoms with van der Waals surface area (Å²) in [5.74, 6) is -0.978. The summed E-state index contributed by atoms with van der Waals surface area (Å²) >= 11 is 0. The van der Waals surface area contributed by atoms with Gasteiger partial charge in [-0.25, -0.2) is 13.2 Å². The van der Waals surface area contributed by atoms with E-state index in [0.717, 1.165) is 5.56 Å². The number of nitrogens with one attached hydrogen (secondary N) is 2. The standard InChI is InChI=1S/C24H24N2O5S/c1-2-31-24(28)22(17-18-9-5-3-6-10-18)25-23(27)19-13-15-20(16-14-19)26-32(29,30)21-11-7-4-8-12-21/h3-16,22,26H,2,17H2,1H3,(H,25,27). The lowest BCUT2D eigenvalue weighted by Gasteiger charge is -2.17. The van der Waals surface area contributed by atoms with Crippen LogP contribution in [-0.2, 0) is 26.0 Å². The van der Waals surface area contributed by atoms with Gasteiger partial charge in [-0.1, -0.05) is 48.5 Å². The lowest BCUT2D eigenvalue weighted by atomic mass is 10.1. The van der Waals surface area contributed by atoms with Gasteiger partial charge in [0.1, 0.15) is 6.04 Å². The lowest BCUT2D eigenvalue weighted by molar-refractivity contribution is -0.145. The molecule has 0 spiro atoms. The third-order valence-electron chi connectivity index (χ3n) is 4.61. The van der Waals surface area contributed by atoms with E-state index >= 15 is 0 Å². The van der Waals surface area contributed by atoms with E-state index in [0.29, 0.717) is 12.1 Å². The molecule has 166 valence electrons. The molecule has 7 nitrogen and oxygen atoms in total. The number of carbonyl (C=O) groups is 2. The van der Waals surface area contributed by atoms with Gasteiger partial charge < -0.3 is 10.1 Å². The summed E-state index contributed by atoms with van der Waals surface area (Å²) in [5.41, 5.74) is 1.49. The first-order chi connectivity index (χ1) is 15.4. The van der Waals surface area contributed by atoms with Gasteiger partial charge in [-0.05, 0) is 48.9 Å². The number of hydrogen-bond donors (Lipinski definition) is 2. The van der Waals surface area contributed by atoms with Crippen molar-refractivity contribution in [3.05, 3.63) is 96.1 Å². The molecule has 0 saturated carbocycles. The second kappa shape index (κ2) is 10.6. The Balaban J connectivity index is 1.70. The van der Waals surface area contributed by atoms with Gasteiger partial charge in [0.2, 0.25) is 0 Å². The van der Waals surface area contributed by atoms with E-state index in [2.05, 4.69) is 10.0 Å². The average molecular weight is 453 g/mol. The van der Waals surface area contributed by atoms with Crippen LogP contribution >= 0.6 is 0 Å². The first-order valence-corrected chi connectivity index (χ1v) is 11.6. The van der Waals surface area contributed by atoms with Gasteiger partial charge in [-0.2, -0.15) is 0 Å². The Kier molecular flexibility index (Phi) is 7.62. The summed E-state index contributed by atoms with van der Waals surface area (Å²) in [7, 11) is -3.73. The highest BCUT2D eigenvalue weighted by atomic mass is 32.2. The molecule has 2 N–H and O–H groups in total. The molecule has 8 heteroatoms. The Labute approximate surface area is 187 Å². The molecule has 0 heterocycles. The quantitative estimate of drug-likeness (QED) is 0.485. The molecule has 3 aromatic carbocycles. The summed E-state index contributed by atoms with van der Waals surface area (Å²) < 4.78 is 32.4. The average Bonchev–Trinajstić information content (AvgIpc) is 2.80. The zero-order valence-electron chi connectivity index (χ0n) is 17.5. The Hall–Kier alpha value is -3.65. The number of anilines is 1. The molecule has 0 aliphatic heterocycles. The Morgan fingerprint density at radius 2 is 1.47 bits per heavy atom. The largest absolute Gasteiger partial charge is 0.464 e. The van der Waals surface area contributed by atoms with Crippen molar-refractivity contribution in [2.75, 3.05) is 11.3 Å². The SMILES string of the molecule is CCOC(=O)C(Cc1ccccc1)NC(=O)c1ccc(NS(=O)(=O)c2ccccc2)cc1. The summed E-state index contributed by atoms with van der Waals surface area (Å²) in [5, 5.41) is 2.71. The van der Waals surface area contributed by atoms with E-state index in [4.69, 9.17) is 4.74 Å². The third-order valence-corrected chi connectivity index (χ3v) is 6.01. The maximum absolute atomic E-state index is 12.7. The Morgan fingerprint density at radius 3 is 2.06 bits per heavy atom. The van der Waals surface area contributed by atoms with Crippen molar-refractivity contribution in [3.8, 4) is 0 Å². The number of sulfonamides is 1. The zero-order chi connectivity index (χ0) is 23.0. The summed E-state index contributed by atoms with van der Waals surface area (Å²) in [6.07, 6.45) is 0.292. The maximum Gasteiger partial charge on any atom is 0.328 e. The fourth-order valence-corrected chi connectivity index (χ4v) is 4.11. The topological polar surface area (TPSA) is 102 Å². The van der Waals surface area contributed by atoms with Crippen molar-refractivity contribution >= 4 is 27.6 Å². The molecule has 0 aromatic heterocycles. The van der Waals surface area contributed by atoms with E-state index in [-0.39, 0.29) is 17.1 Å². The molecule has 0 bridgehead atoms. The van der Waals surface area contributed by atoms with Crippen LogP contribution in [0, 0.1) is 0 Å². The smallest absolute Gasteiger partial charge is 0.328 e. The fourth-order valence-electron chi connectivity index (χ4n) is 3.03. The molecule has 1 unspecified atom stereocenters. The van der Waals surface area contributed by atoms with Gasteiger partial charge in [-0.3, -0.25) is 9.52 Å². The number of carbonyl (C=O) groups excluding carboxylic acids is 2. The molecule has 0 aliphatic carbocycles. The normalized spacial score (nSPS) is 11.9. The van der Waals surface area contributed by atoms with Crippen molar-refractivity contribution in [1.82, 2.24) is 5.32 Å². The van der Waals surface area contributed by atoms with Crippen LogP contribution in [0.2, 0.25) is 0 Å².